The molecule has 0 unspecified atom stereocenters. The number of hydrogen-bond donors (Lipinski definition) is 2. The number of ether oxygens (including phenoxy) is 2. The van der Waals surface area contributed by atoms with E-state index in [1.54, 1.807) is 11.9 Å². The molecule has 13 heteroatoms. The van der Waals surface area contributed by atoms with Gasteiger partial charge in [-0.1, -0.05) is 13.8 Å². The largest absolute Gasteiger partial charge is 0.444 e. The predicted molar refractivity (Wildman–Crippen MR) is 181 cm³/mol. The second-order valence-corrected chi connectivity index (χ2v) is 14.4. The topological polar surface area (TPSA) is 125 Å². The van der Waals surface area contributed by atoms with Gasteiger partial charge >= 0.3 is 6.09 Å². The summed E-state index contributed by atoms with van der Waals surface area (Å²) >= 11 is 0. The van der Waals surface area contributed by atoms with Gasteiger partial charge in [0.15, 0.2) is 5.82 Å². The molecule has 2 aliphatic rings. The molecule has 0 aliphatic carbocycles. The van der Waals surface area contributed by atoms with Crippen molar-refractivity contribution in [2.45, 2.75) is 92.3 Å². The van der Waals surface area contributed by atoms with Gasteiger partial charge in [0.2, 0.25) is 5.95 Å². The lowest BCUT2D eigenvalue weighted by Crippen LogP contribution is -2.62. The van der Waals surface area contributed by atoms with Crippen LogP contribution in [0.25, 0.3) is 0 Å². The Morgan fingerprint density at radius 3 is 2.47 bits per heavy atom. The summed E-state index contributed by atoms with van der Waals surface area (Å²) in [7, 11) is 1.73. The van der Waals surface area contributed by atoms with E-state index in [-0.39, 0.29) is 40.7 Å². The highest BCUT2D eigenvalue weighted by Gasteiger charge is 2.50. The molecule has 2 aliphatic heterocycles. The fourth-order valence-electron chi connectivity index (χ4n) is 6.62. The molecule has 2 amide bonds. The maximum atomic E-state index is 14.4. The van der Waals surface area contributed by atoms with Crippen molar-refractivity contribution in [3.8, 4) is 11.6 Å². The number of nitrogens with zero attached hydrogens (tertiary/aromatic N) is 6. The van der Waals surface area contributed by atoms with Gasteiger partial charge in [-0.2, -0.15) is 4.98 Å². The van der Waals surface area contributed by atoms with Crippen molar-refractivity contribution in [3.63, 3.8) is 0 Å². The van der Waals surface area contributed by atoms with Crippen molar-refractivity contribution in [1.82, 2.24) is 30.3 Å². The maximum Gasteiger partial charge on any atom is 0.407 e. The van der Waals surface area contributed by atoms with Gasteiger partial charge in [-0.3, -0.25) is 9.69 Å². The third-order valence-electron chi connectivity index (χ3n) is 8.86. The van der Waals surface area contributed by atoms with Crippen molar-refractivity contribution in [1.29, 1.82) is 0 Å². The average molecular weight is 657 g/mol. The van der Waals surface area contributed by atoms with Crippen molar-refractivity contribution in [2.75, 3.05) is 56.5 Å². The molecule has 2 saturated heterocycles. The number of carbonyl (C=O) groups is 2. The standard InChI is InChI=1S/C34H53FN8O4/c1-10-43(23(4)5)30(44)25-18-24(35)13-14-27(25)46-29-28(38-31(36-9)40-39-29)41-17-15-34(19-41)20-42(21-34)26(22(2)3)12-11-16-37-32(45)47-33(6,7)8/h13-14,18,22-23,26H,10-12,15-17,19-21H2,1-9H3,(H,37,45)(H,36,38,40)/t26-/m1/s1. The van der Waals surface area contributed by atoms with Gasteiger partial charge in [-0.15, -0.1) is 10.2 Å². The molecule has 47 heavy (non-hydrogen) atoms. The zero-order valence-corrected chi connectivity index (χ0v) is 29.5. The Kier molecular flexibility index (Phi) is 11.5. The number of amides is 2. The van der Waals surface area contributed by atoms with Crippen LogP contribution in [0.2, 0.25) is 0 Å². The summed E-state index contributed by atoms with van der Waals surface area (Å²) < 4.78 is 26.0. The Hall–Kier alpha value is -3.74. The minimum Gasteiger partial charge on any atom is -0.444 e. The highest BCUT2D eigenvalue weighted by molar-refractivity contribution is 5.97. The maximum absolute atomic E-state index is 14.4. The Morgan fingerprint density at radius 1 is 1.13 bits per heavy atom. The van der Waals surface area contributed by atoms with Crippen LogP contribution in [0.1, 0.15) is 85.0 Å². The molecule has 0 saturated carbocycles. The van der Waals surface area contributed by atoms with Gasteiger partial charge in [0.05, 0.1) is 5.56 Å². The van der Waals surface area contributed by atoms with Crippen LogP contribution in [-0.2, 0) is 4.74 Å². The number of alkyl carbamates (subject to hydrolysis) is 1. The Bertz CT molecular complexity index is 1390. The van der Waals surface area contributed by atoms with Crippen LogP contribution >= 0.6 is 0 Å². The molecule has 0 bridgehead atoms. The van der Waals surface area contributed by atoms with Crippen molar-refractivity contribution in [2.24, 2.45) is 11.3 Å². The summed E-state index contributed by atoms with van der Waals surface area (Å²) in [6.45, 7) is 20.4. The van der Waals surface area contributed by atoms with E-state index >= 15 is 0 Å². The predicted octanol–water partition coefficient (Wildman–Crippen LogP) is 5.56. The molecule has 1 aromatic heterocycles. The summed E-state index contributed by atoms with van der Waals surface area (Å²) in [5.41, 5.74) is -0.276. The molecule has 4 rings (SSSR count). The number of hydrogen-bond acceptors (Lipinski definition) is 10. The van der Waals surface area contributed by atoms with Gasteiger partial charge in [0.25, 0.3) is 11.8 Å². The summed E-state index contributed by atoms with van der Waals surface area (Å²) in [6, 6.07) is 4.28. The number of halogens is 1. The number of aromatic nitrogens is 3. The summed E-state index contributed by atoms with van der Waals surface area (Å²) in [5, 5.41) is 14.3. The number of benzene rings is 1. The van der Waals surface area contributed by atoms with Crippen LogP contribution in [0.5, 0.6) is 11.6 Å². The molecule has 2 fully saturated rings. The van der Waals surface area contributed by atoms with Gasteiger partial charge in [0, 0.05) is 63.8 Å². The molecule has 2 N–H and O–H groups in total. The lowest BCUT2D eigenvalue weighted by atomic mass is 9.76. The van der Waals surface area contributed by atoms with E-state index in [9.17, 15) is 14.0 Å². The Labute approximate surface area is 278 Å². The molecule has 1 aromatic carbocycles. The molecule has 0 radical (unpaired) electrons. The van der Waals surface area contributed by atoms with Crippen LogP contribution in [0.4, 0.5) is 21.0 Å². The third-order valence-corrected chi connectivity index (χ3v) is 8.86. The number of carbonyl (C=O) groups excluding carboxylic acids is 2. The van der Waals surface area contributed by atoms with E-state index in [1.807, 2.05) is 41.5 Å². The van der Waals surface area contributed by atoms with E-state index in [4.69, 9.17) is 14.5 Å². The van der Waals surface area contributed by atoms with E-state index < -0.39 is 11.4 Å². The monoisotopic (exact) mass is 656 g/mol. The zero-order valence-electron chi connectivity index (χ0n) is 29.5. The summed E-state index contributed by atoms with van der Waals surface area (Å²) in [5.74, 6) is 0.898. The average Bonchev–Trinajstić information content (AvgIpc) is 3.42. The molecule has 12 nitrogen and oxygen atoms in total. The van der Waals surface area contributed by atoms with Gasteiger partial charge < -0.3 is 29.9 Å². The van der Waals surface area contributed by atoms with Crippen molar-refractivity contribution in [3.05, 3.63) is 29.6 Å². The van der Waals surface area contributed by atoms with Gasteiger partial charge in [-0.05, 0) is 84.9 Å². The minimum absolute atomic E-state index is 0.0671. The first-order valence-electron chi connectivity index (χ1n) is 16.8. The number of likely N-dealkylation sites (tertiary alicyclic amines) is 1. The van der Waals surface area contributed by atoms with E-state index in [0.29, 0.717) is 36.8 Å². The number of anilines is 2. The first-order valence-corrected chi connectivity index (χ1v) is 16.8. The number of rotatable bonds is 13. The summed E-state index contributed by atoms with van der Waals surface area (Å²) in [4.78, 5) is 36.6. The number of nitrogens with one attached hydrogen (secondary N) is 2. The van der Waals surface area contributed by atoms with Crippen LogP contribution in [0.3, 0.4) is 0 Å². The Morgan fingerprint density at radius 2 is 1.85 bits per heavy atom. The molecule has 260 valence electrons. The van der Waals surface area contributed by atoms with Crippen LogP contribution in [0.15, 0.2) is 18.2 Å². The molecular formula is C34H53FN8O4. The van der Waals surface area contributed by atoms with Gasteiger partial charge in [0.1, 0.15) is 17.2 Å². The van der Waals surface area contributed by atoms with E-state index in [0.717, 1.165) is 45.4 Å². The van der Waals surface area contributed by atoms with Crippen molar-refractivity contribution >= 4 is 23.8 Å². The van der Waals surface area contributed by atoms with Gasteiger partial charge in [-0.25, -0.2) is 9.18 Å². The first kappa shape index (κ1) is 36.1. The molecule has 1 spiro atoms. The normalized spacial score (nSPS) is 16.7. The molecular weight excluding hydrogens is 603 g/mol. The molecule has 3 heterocycles. The highest BCUT2D eigenvalue weighted by atomic mass is 19.1. The lowest BCUT2D eigenvalue weighted by molar-refractivity contribution is -0.0339. The van der Waals surface area contributed by atoms with E-state index in [1.165, 1.54) is 18.2 Å². The minimum atomic E-state index is -0.523. The van der Waals surface area contributed by atoms with Crippen LogP contribution in [-0.4, -0.2) is 101 Å². The smallest absolute Gasteiger partial charge is 0.407 e. The van der Waals surface area contributed by atoms with Crippen molar-refractivity contribution < 1.29 is 23.5 Å². The van der Waals surface area contributed by atoms with Crippen LogP contribution in [0, 0.1) is 17.2 Å². The zero-order chi connectivity index (χ0) is 34.5. The second kappa shape index (κ2) is 15.0. The Balaban J connectivity index is 1.44. The lowest BCUT2D eigenvalue weighted by Gasteiger charge is -2.53. The van der Waals surface area contributed by atoms with E-state index in [2.05, 4.69) is 44.5 Å². The second-order valence-electron chi connectivity index (χ2n) is 14.4. The fraction of sp³-hybridized carbons (Fsp3) is 0.676. The third kappa shape index (κ3) is 9.00. The SMILES string of the molecule is CCN(C(=O)c1cc(F)ccc1Oc1nnc(NC)nc1N1CCC2(C1)CN([C@H](CCCNC(=O)OC(C)(C)C)C(C)C)C2)C(C)C. The quantitative estimate of drug-likeness (QED) is 0.265. The molecule has 2 aromatic rings. The summed E-state index contributed by atoms with van der Waals surface area (Å²) in [6.07, 6.45) is 2.47. The molecule has 1 atom stereocenters. The first-order chi connectivity index (χ1) is 22.1. The highest BCUT2D eigenvalue weighted by Crippen LogP contribution is 2.45. The van der Waals surface area contributed by atoms with Crippen LogP contribution < -0.4 is 20.3 Å². The fourth-order valence-corrected chi connectivity index (χ4v) is 6.62.